The molecule has 6 aliphatic heterocycles. The number of piperidine rings is 6. The summed E-state index contributed by atoms with van der Waals surface area (Å²) < 4.78 is 26.1. The molecule has 6 nitrogen and oxygen atoms in total. The van der Waals surface area contributed by atoms with Crippen LogP contribution in [0.2, 0.25) is 5.02 Å². The zero-order chi connectivity index (χ0) is 100. The van der Waals surface area contributed by atoms with Gasteiger partial charge in [0.05, 0.1) is 0 Å². The maximum Gasteiger partial charge on any atom is 0.123 e. The zero-order valence-corrected chi connectivity index (χ0v) is 90.1. The number of hydrogen-bond acceptors (Lipinski definition) is 6. The third-order valence-electron chi connectivity index (χ3n) is 35.9. The first kappa shape index (κ1) is 106. The molecule has 24 rings (SSSR count). The monoisotopic (exact) mass is 1990 g/mol. The van der Waals surface area contributed by atoms with E-state index in [9.17, 15) is 8.78 Å². The van der Waals surface area contributed by atoms with Gasteiger partial charge in [0, 0.05) is 83.6 Å². The molecule has 0 radical (unpaired) electrons. The normalized spacial score (nSPS) is 22.4. The molecule has 0 amide bonds. The number of halogens is 3. The van der Waals surface area contributed by atoms with Gasteiger partial charge in [0.1, 0.15) is 11.6 Å². The minimum atomic E-state index is -0.177. The predicted octanol–water partition coefficient (Wildman–Crippen LogP) is 35.1. The molecule has 9 heteroatoms. The van der Waals surface area contributed by atoms with Crippen LogP contribution in [0.3, 0.4) is 0 Å². The fraction of sp³-hybridized carbons (Fsp3) is 0.478. The van der Waals surface area contributed by atoms with Gasteiger partial charge in [-0.15, -0.1) is 0 Å². The average Bonchev–Trinajstić information content (AvgIpc) is 1.80. The van der Waals surface area contributed by atoms with Crippen LogP contribution in [0.1, 0.15) is 298 Å². The molecule has 147 heavy (non-hydrogen) atoms. The summed E-state index contributed by atoms with van der Waals surface area (Å²) in [6.07, 6.45) is 48.0. The summed E-state index contributed by atoms with van der Waals surface area (Å²) in [7, 11) is 0. The molecule has 6 saturated heterocycles. The molecule has 0 aromatic heterocycles. The Morgan fingerprint density at radius 1 is 0.190 bits per heavy atom. The first-order valence-electron chi connectivity index (χ1n) is 58.7. The predicted molar refractivity (Wildman–Crippen MR) is 619 cm³/mol. The Morgan fingerprint density at radius 3 is 0.619 bits per heavy atom. The molecule has 6 unspecified atom stereocenters. The average molecular weight is 1990 g/mol. The van der Waals surface area contributed by atoms with Crippen LogP contribution in [0.5, 0.6) is 0 Å². The lowest BCUT2D eigenvalue weighted by Crippen LogP contribution is -2.37. The summed E-state index contributed by atoms with van der Waals surface area (Å²) in [6, 6.07) is 105. The van der Waals surface area contributed by atoms with Gasteiger partial charge in [0.25, 0.3) is 0 Å². The van der Waals surface area contributed by atoms with E-state index in [0.29, 0.717) is 17.8 Å². The Kier molecular flexibility index (Phi) is 39.3. The minimum absolute atomic E-state index is 0.176. The first-order chi connectivity index (χ1) is 72.3. The third kappa shape index (κ3) is 31.9. The van der Waals surface area contributed by atoms with Gasteiger partial charge in [-0.05, 0) is 415 Å². The van der Waals surface area contributed by atoms with Gasteiger partial charge in [-0.1, -0.05) is 348 Å². The van der Waals surface area contributed by atoms with E-state index >= 15 is 0 Å². The highest BCUT2D eigenvalue weighted by atomic mass is 35.5. The maximum absolute atomic E-state index is 13.1. The zero-order valence-electron chi connectivity index (χ0n) is 89.3. The van der Waals surface area contributed by atoms with Crippen LogP contribution in [0.4, 0.5) is 8.78 Å². The number of likely N-dealkylation sites (tertiary alicyclic amines) is 6. The molecule has 12 fully saturated rings. The van der Waals surface area contributed by atoms with E-state index in [1.165, 1.54) is 461 Å². The Hall–Kier alpha value is -9.45. The SMILES string of the molecule is Cc1ccc(-c2ccc(C3CCCN(CC4CCCC4)C3)cc2)cc1.Cc1cccc(-c2ccc(C3CCCN(CC4CCCC4)C3)cc2)c1.Clc1ccc(-c2ccc(C3CCCN(CC4CCCC4)C3)cc2)cc1.Fc1ccc(-c2ccc(C3CCCN(CC4CC4)C3)cc2)cc1.Fc1ccc(-c2ccc(C3CCCN(CC4CCCC4)C3)cc2)cc1.c1ccc(-c2ccc(C3CCCN(CC4CCCC4)C3)cc2)cc1. The molecule has 12 aromatic rings. The lowest BCUT2D eigenvalue weighted by Gasteiger charge is -2.34. The topological polar surface area (TPSA) is 19.4 Å². The van der Waals surface area contributed by atoms with Crippen molar-refractivity contribution in [3.8, 4) is 66.8 Å². The molecule has 6 saturated carbocycles. The van der Waals surface area contributed by atoms with Crippen LogP contribution in [-0.4, -0.2) is 147 Å². The van der Waals surface area contributed by atoms with Crippen LogP contribution < -0.4 is 0 Å². The Bertz CT molecular complexity index is 5550. The Labute approximate surface area is 889 Å². The van der Waals surface area contributed by atoms with Crippen LogP contribution >= 0.6 is 11.6 Å². The summed E-state index contributed by atoms with van der Waals surface area (Å²) in [5.41, 5.74) is 26.7. The lowest BCUT2D eigenvalue weighted by molar-refractivity contribution is 0.179. The van der Waals surface area contributed by atoms with Crippen LogP contribution in [-0.2, 0) is 0 Å². The van der Waals surface area contributed by atoms with Gasteiger partial charge in [-0.25, -0.2) is 8.78 Å². The molecule has 6 heterocycles. The fourth-order valence-corrected chi connectivity index (χ4v) is 27.4. The van der Waals surface area contributed by atoms with Crippen molar-refractivity contribution >= 4 is 11.6 Å². The van der Waals surface area contributed by atoms with E-state index < -0.39 is 0 Å². The standard InChI is InChI=1S/2C24H31N.C23H28ClN.C23H28FN.C23H29N.C21H24FN/c1-19-6-4-9-23(16-19)21-11-13-22(14-12-21)24-10-5-15-25(18-24)17-20-7-2-3-8-20;1-19-8-10-21(11-9-19)22-12-14-23(15-13-22)24-7-4-16-25(18-24)17-20-5-2-3-6-20;2*24-23-13-11-20(12-14-23)19-7-9-21(10-8-19)22-6-3-15-25(17-22)16-18-4-1-2-5-18;1-2-9-20(10-3-1)21-12-14-22(15-13-21)23-11-6-16-24(18-23)17-19-7-4-5-8-19;22-21-11-9-18(10-12-21)17-5-7-19(8-6-17)20-2-1-13-23(15-20)14-16-3-4-16/h4,6,9,11-14,16,20,24H,2-3,5,7-8,10,15,17-18H2,1H3;8-15,20,24H,2-7,16-18H2,1H3;2*7-14,18,22H,1-6,15-17H2;1-3,9-10,12-15,19,23H,4-8,11,16-18H2;5-12,16,20H,1-4,13-15H2. The highest BCUT2D eigenvalue weighted by Gasteiger charge is 2.34. The lowest BCUT2D eigenvalue weighted by atomic mass is 9.89. The number of hydrogen-bond donors (Lipinski definition) is 0. The smallest absolute Gasteiger partial charge is 0.123 e. The maximum atomic E-state index is 13.1. The summed E-state index contributed by atoms with van der Waals surface area (Å²) in [4.78, 5) is 16.3. The van der Waals surface area contributed by atoms with Crippen molar-refractivity contribution in [3.05, 3.63) is 358 Å². The van der Waals surface area contributed by atoms with Crippen molar-refractivity contribution < 1.29 is 8.78 Å². The Balaban J connectivity index is 0.000000111. The van der Waals surface area contributed by atoms with Gasteiger partial charge in [0.2, 0.25) is 0 Å². The molecule has 12 aliphatic rings. The fourth-order valence-electron chi connectivity index (χ4n) is 27.2. The van der Waals surface area contributed by atoms with Crippen molar-refractivity contribution in [2.45, 2.75) is 268 Å². The quantitative estimate of drug-likeness (QED) is 0.0596. The van der Waals surface area contributed by atoms with E-state index in [1.807, 2.05) is 36.4 Å². The molecule has 0 spiro atoms. The molecule has 0 N–H and O–H groups in total. The summed E-state index contributed by atoms with van der Waals surface area (Å²) in [5, 5.41) is 0.796. The van der Waals surface area contributed by atoms with Crippen molar-refractivity contribution in [2.24, 2.45) is 35.5 Å². The molecule has 774 valence electrons. The van der Waals surface area contributed by atoms with Crippen molar-refractivity contribution in [1.82, 2.24) is 29.4 Å². The highest BCUT2D eigenvalue weighted by Crippen LogP contribution is 2.42. The first-order valence-corrected chi connectivity index (χ1v) is 59.1. The Morgan fingerprint density at radius 2 is 0.388 bits per heavy atom. The summed E-state index contributed by atoms with van der Waals surface area (Å²) in [5.74, 6) is 9.67. The second-order valence-electron chi connectivity index (χ2n) is 47.1. The van der Waals surface area contributed by atoms with E-state index in [0.717, 1.165) is 69.4 Å². The van der Waals surface area contributed by atoms with Crippen molar-refractivity contribution in [1.29, 1.82) is 0 Å². The van der Waals surface area contributed by atoms with Crippen LogP contribution in [0.25, 0.3) is 66.8 Å². The van der Waals surface area contributed by atoms with Crippen LogP contribution in [0.15, 0.2) is 297 Å². The molecular weight excluding hydrogens is 1820 g/mol. The van der Waals surface area contributed by atoms with Gasteiger partial charge in [-0.3, -0.25) is 0 Å². The van der Waals surface area contributed by atoms with Crippen molar-refractivity contribution in [3.63, 3.8) is 0 Å². The van der Waals surface area contributed by atoms with Crippen LogP contribution in [0, 0.1) is 61.0 Å². The second kappa shape index (κ2) is 54.5. The van der Waals surface area contributed by atoms with E-state index in [4.69, 9.17) is 11.6 Å². The van der Waals surface area contributed by atoms with Crippen molar-refractivity contribution in [2.75, 3.05) is 118 Å². The number of aryl methyl sites for hydroxylation is 2. The van der Waals surface area contributed by atoms with Gasteiger partial charge >= 0.3 is 0 Å². The van der Waals surface area contributed by atoms with E-state index in [2.05, 4.69) is 280 Å². The van der Waals surface area contributed by atoms with E-state index in [-0.39, 0.29) is 11.6 Å². The number of rotatable bonds is 24. The summed E-state index contributed by atoms with van der Waals surface area (Å²) in [6.45, 7) is 27.6. The van der Waals surface area contributed by atoms with Gasteiger partial charge in [-0.2, -0.15) is 0 Å². The minimum Gasteiger partial charge on any atom is -0.302 e. The number of benzene rings is 12. The molecule has 6 aliphatic carbocycles. The van der Waals surface area contributed by atoms with E-state index in [1.54, 1.807) is 0 Å². The van der Waals surface area contributed by atoms with Gasteiger partial charge < -0.3 is 29.4 Å². The molecule has 12 aromatic carbocycles. The molecular formula is C138H171ClF2N6. The molecule has 0 bridgehead atoms. The van der Waals surface area contributed by atoms with Gasteiger partial charge in [0.15, 0.2) is 0 Å². The number of nitrogens with zero attached hydrogens (tertiary/aromatic N) is 6. The third-order valence-corrected chi connectivity index (χ3v) is 36.1. The highest BCUT2D eigenvalue weighted by molar-refractivity contribution is 6.30. The summed E-state index contributed by atoms with van der Waals surface area (Å²) >= 11 is 6.00. The molecule has 6 atom stereocenters. The second-order valence-corrected chi connectivity index (χ2v) is 47.6. The largest absolute Gasteiger partial charge is 0.302 e.